The van der Waals surface area contributed by atoms with E-state index in [4.69, 9.17) is 4.74 Å². The second-order valence-electron chi connectivity index (χ2n) is 5.80. The summed E-state index contributed by atoms with van der Waals surface area (Å²) in [6, 6.07) is 10.1. The molecule has 0 unspecified atom stereocenters. The zero-order valence-electron chi connectivity index (χ0n) is 13.7. The van der Waals surface area contributed by atoms with E-state index in [1.807, 2.05) is 49.2 Å². The van der Waals surface area contributed by atoms with E-state index in [1.54, 1.807) is 10.7 Å². The number of hydrogen-bond acceptors (Lipinski definition) is 3. The van der Waals surface area contributed by atoms with Crippen molar-refractivity contribution in [2.24, 2.45) is 0 Å². The smallest absolute Gasteiger partial charge is 0.274 e. The van der Waals surface area contributed by atoms with Gasteiger partial charge in [-0.05, 0) is 50.5 Å². The number of carbonyl (C=O) groups excluding carboxylic acids is 1. The van der Waals surface area contributed by atoms with E-state index in [2.05, 4.69) is 5.10 Å². The number of amides is 1. The maximum Gasteiger partial charge on any atom is 0.274 e. The molecule has 1 aromatic carbocycles. The molecular weight excluding hydrogens is 290 g/mol. The Morgan fingerprint density at radius 2 is 2.17 bits per heavy atom. The minimum Gasteiger partial charge on any atom is -0.494 e. The van der Waals surface area contributed by atoms with Gasteiger partial charge in [-0.3, -0.25) is 9.48 Å². The average Bonchev–Trinajstić information content (AvgIpc) is 3.29. The van der Waals surface area contributed by atoms with Crippen molar-refractivity contribution in [3.63, 3.8) is 0 Å². The molecule has 1 heterocycles. The molecule has 0 spiro atoms. The van der Waals surface area contributed by atoms with Crippen LogP contribution in [0.4, 0.5) is 0 Å². The molecule has 1 aliphatic rings. The Morgan fingerprint density at radius 1 is 1.35 bits per heavy atom. The summed E-state index contributed by atoms with van der Waals surface area (Å²) in [5.41, 5.74) is 1.62. The van der Waals surface area contributed by atoms with Crippen molar-refractivity contribution in [3.8, 4) is 5.75 Å². The monoisotopic (exact) mass is 313 g/mol. The highest BCUT2D eigenvalue weighted by Gasteiger charge is 2.34. The highest BCUT2D eigenvalue weighted by atomic mass is 16.5. The van der Waals surface area contributed by atoms with Crippen molar-refractivity contribution in [1.82, 2.24) is 14.7 Å². The van der Waals surface area contributed by atoms with Gasteiger partial charge in [0.05, 0.1) is 6.61 Å². The SMILES string of the molecule is CCOc1cccc(CN(C(=O)c2ccn(CC)n2)C2CC2)c1. The summed E-state index contributed by atoms with van der Waals surface area (Å²) in [5.74, 6) is 0.866. The van der Waals surface area contributed by atoms with Crippen LogP contribution in [0.15, 0.2) is 36.5 Å². The van der Waals surface area contributed by atoms with Crippen LogP contribution in [-0.2, 0) is 13.1 Å². The van der Waals surface area contributed by atoms with E-state index in [1.165, 1.54) is 0 Å². The van der Waals surface area contributed by atoms with Crippen LogP contribution in [-0.4, -0.2) is 33.2 Å². The summed E-state index contributed by atoms with van der Waals surface area (Å²) in [4.78, 5) is 14.7. The topological polar surface area (TPSA) is 47.4 Å². The molecule has 3 rings (SSSR count). The van der Waals surface area contributed by atoms with Gasteiger partial charge >= 0.3 is 0 Å². The van der Waals surface area contributed by atoms with Gasteiger partial charge in [-0.1, -0.05) is 12.1 Å². The van der Waals surface area contributed by atoms with Gasteiger partial charge in [-0.15, -0.1) is 0 Å². The Bertz CT molecular complexity index is 676. The first-order chi connectivity index (χ1) is 11.2. The number of aryl methyl sites for hydroxylation is 1. The maximum atomic E-state index is 12.8. The molecular formula is C18H23N3O2. The average molecular weight is 313 g/mol. The molecule has 1 saturated carbocycles. The second kappa shape index (κ2) is 6.86. The number of nitrogens with zero attached hydrogens (tertiary/aromatic N) is 3. The Labute approximate surface area is 136 Å². The number of benzene rings is 1. The van der Waals surface area contributed by atoms with Crippen LogP contribution >= 0.6 is 0 Å². The third kappa shape index (κ3) is 3.73. The summed E-state index contributed by atoms with van der Waals surface area (Å²) in [6.07, 6.45) is 4.00. The normalized spacial score (nSPS) is 13.8. The van der Waals surface area contributed by atoms with Gasteiger partial charge in [0.1, 0.15) is 11.4 Å². The van der Waals surface area contributed by atoms with Crippen molar-refractivity contribution in [3.05, 3.63) is 47.8 Å². The minimum absolute atomic E-state index is 0.0153. The molecule has 5 nitrogen and oxygen atoms in total. The third-order valence-electron chi connectivity index (χ3n) is 3.99. The molecule has 23 heavy (non-hydrogen) atoms. The molecule has 1 fully saturated rings. The van der Waals surface area contributed by atoms with Gasteiger partial charge in [0.25, 0.3) is 5.91 Å². The van der Waals surface area contributed by atoms with Crippen molar-refractivity contribution >= 4 is 5.91 Å². The third-order valence-corrected chi connectivity index (χ3v) is 3.99. The molecule has 1 aromatic heterocycles. The number of rotatable bonds is 7. The molecule has 0 aliphatic heterocycles. The zero-order valence-corrected chi connectivity index (χ0v) is 13.7. The van der Waals surface area contributed by atoms with Crippen molar-refractivity contribution < 1.29 is 9.53 Å². The molecule has 2 aromatic rings. The zero-order chi connectivity index (χ0) is 16.2. The first kappa shape index (κ1) is 15.6. The van der Waals surface area contributed by atoms with E-state index in [0.29, 0.717) is 24.9 Å². The van der Waals surface area contributed by atoms with Crippen LogP contribution in [0, 0.1) is 0 Å². The molecule has 0 atom stereocenters. The fraction of sp³-hybridized carbons (Fsp3) is 0.444. The summed E-state index contributed by atoms with van der Waals surface area (Å²) in [7, 11) is 0. The van der Waals surface area contributed by atoms with Gasteiger partial charge in [-0.25, -0.2) is 0 Å². The predicted octanol–water partition coefficient (Wildman–Crippen LogP) is 3.11. The number of hydrogen-bond donors (Lipinski definition) is 0. The van der Waals surface area contributed by atoms with Crippen LogP contribution in [0.1, 0.15) is 42.7 Å². The van der Waals surface area contributed by atoms with Crippen molar-refractivity contribution in [2.75, 3.05) is 6.61 Å². The van der Waals surface area contributed by atoms with Crippen LogP contribution in [0.5, 0.6) is 5.75 Å². The predicted molar refractivity (Wildman–Crippen MR) is 88.4 cm³/mol. The number of aromatic nitrogens is 2. The quantitative estimate of drug-likeness (QED) is 0.789. The molecule has 0 bridgehead atoms. The van der Waals surface area contributed by atoms with E-state index in [-0.39, 0.29) is 5.91 Å². The Hall–Kier alpha value is -2.30. The van der Waals surface area contributed by atoms with Gasteiger partial charge in [-0.2, -0.15) is 5.10 Å². The lowest BCUT2D eigenvalue weighted by molar-refractivity contribution is 0.0722. The maximum absolute atomic E-state index is 12.8. The standard InChI is InChI=1S/C18H23N3O2/c1-3-20-11-10-17(19-20)18(22)21(15-8-9-15)13-14-6-5-7-16(12-14)23-4-2/h5-7,10-12,15H,3-4,8-9,13H2,1-2H3. The lowest BCUT2D eigenvalue weighted by atomic mass is 10.2. The van der Waals surface area contributed by atoms with Crippen LogP contribution in [0.25, 0.3) is 0 Å². The fourth-order valence-corrected chi connectivity index (χ4v) is 2.65. The van der Waals surface area contributed by atoms with Gasteiger partial charge < -0.3 is 9.64 Å². The van der Waals surface area contributed by atoms with Crippen molar-refractivity contribution in [2.45, 2.75) is 45.8 Å². The molecule has 5 heteroatoms. The first-order valence-electron chi connectivity index (χ1n) is 8.27. The largest absolute Gasteiger partial charge is 0.494 e. The number of ether oxygens (including phenoxy) is 1. The summed E-state index contributed by atoms with van der Waals surface area (Å²) in [5, 5.41) is 4.35. The van der Waals surface area contributed by atoms with E-state index in [9.17, 15) is 4.79 Å². The number of carbonyl (C=O) groups is 1. The fourth-order valence-electron chi connectivity index (χ4n) is 2.65. The van der Waals surface area contributed by atoms with Gasteiger partial charge in [0.2, 0.25) is 0 Å². The Kier molecular flexibility index (Phi) is 4.65. The highest BCUT2D eigenvalue weighted by molar-refractivity contribution is 5.92. The van der Waals surface area contributed by atoms with E-state index < -0.39 is 0 Å². The molecule has 1 aliphatic carbocycles. The molecule has 0 N–H and O–H groups in total. The molecule has 122 valence electrons. The lowest BCUT2D eigenvalue weighted by Gasteiger charge is -2.22. The second-order valence-corrected chi connectivity index (χ2v) is 5.80. The lowest BCUT2D eigenvalue weighted by Crippen LogP contribution is -2.33. The Morgan fingerprint density at radius 3 is 2.83 bits per heavy atom. The van der Waals surface area contributed by atoms with Crippen LogP contribution < -0.4 is 4.74 Å². The van der Waals surface area contributed by atoms with Gasteiger partial charge in [0, 0.05) is 25.3 Å². The summed E-state index contributed by atoms with van der Waals surface area (Å²) < 4.78 is 7.33. The van der Waals surface area contributed by atoms with Crippen LogP contribution in [0.3, 0.4) is 0 Å². The van der Waals surface area contributed by atoms with Crippen molar-refractivity contribution in [1.29, 1.82) is 0 Å². The Balaban J connectivity index is 1.76. The molecule has 0 radical (unpaired) electrons. The summed E-state index contributed by atoms with van der Waals surface area (Å²) >= 11 is 0. The van der Waals surface area contributed by atoms with Crippen LogP contribution in [0.2, 0.25) is 0 Å². The van der Waals surface area contributed by atoms with E-state index in [0.717, 1.165) is 30.7 Å². The molecule has 1 amide bonds. The summed E-state index contributed by atoms with van der Waals surface area (Å²) in [6.45, 7) is 6.00. The highest BCUT2D eigenvalue weighted by Crippen LogP contribution is 2.30. The molecule has 0 saturated heterocycles. The minimum atomic E-state index is 0.0153. The van der Waals surface area contributed by atoms with Gasteiger partial charge in [0.15, 0.2) is 0 Å². The van der Waals surface area contributed by atoms with E-state index >= 15 is 0 Å². The first-order valence-corrected chi connectivity index (χ1v) is 8.27.